The largest absolute Gasteiger partial charge is 0.359 e. The Morgan fingerprint density at radius 3 is 3.18 bits per heavy atom. The molecule has 0 aliphatic carbocycles. The van der Waals surface area contributed by atoms with E-state index >= 15 is 0 Å². The van der Waals surface area contributed by atoms with Gasteiger partial charge in [-0.3, -0.25) is 9.48 Å². The summed E-state index contributed by atoms with van der Waals surface area (Å²) in [7, 11) is 0. The second-order valence-corrected chi connectivity index (χ2v) is 2.08. The van der Waals surface area contributed by atoms with Crippen molar-refractivity contribution in [2.75, 3.05) is 6.54 Å². The molecule has 1 N–H and O–H groups in total. The molecule has 0 aliphatic rings. The minimum atomic E-state index is 0.684. The summed E-state index contributed by atoms with van der Waals surface area (Å²) in [5, 5.41) is 6.47. The molecular formula is C6H10N4O. The van der Waals surface area contributed by atoms with Gasteiger partial charge in [0, 0.05) is 13.1 Å². The summed E-state index contributed by atoms with van der Waals surface area (Å²) in [6.45, 7) is 1.48. The van der Waals surface area contributed by atoms with E-state index in [2.05, 4.69) is 15.4 Å². The molecule has 11 heavy (non-hydrogen) atoms. The molecule has 0 saturated heterocycles. The van der Waals surface area contributed by atoms with Crippen LogP contribution in [0.3, 0.4) is 0 Å². The van der Waals surface area contributed by atoms with Gasteiger partial charge in [0.1, 0.15) is 12.7 Å². The fraction of sp³-hybridized carbons (Fsp3) is 0.500. The molecule has 1 rings (SSSR count). The molecule has 0 fully saturated rings. The Kier molecular flexibility index (Phi) is 3.11. The highest BCUT2D eigenvalue weighted by Gasteiger charge is 1.89. The van der Waals surface area contributed by atoms with Gasteiger partial charge in [-0.05, 0) is 6.42 Å². The number of amides is 1. The topological polar surface area (TPSA) is 59.8 Å². The summed E-state index contributed by atoms with van der Waals surface area (Å²) < 4.78 is 1.73. The van der Waals surface area contributed by atoms with Gasteiger partial charge in [0.2, 0.25) is 6.41 Å². The Hall–Kier alpha value is -1.39. The molecule has 0 aliphatic heterocycles. The van der Waals surface area contributed by atoms with E-state index in [1.54, 1.807) is 11.0 Å². The minimum Gasteiger partial charge on any atom is -0.359 e. The summed E-state index contributed by atoms with van der Waals surface area (Å²) in [4.78, 5) is 13.6. The standard InChI is InChI=1S/C6H10N4O/c11-6-7-2-1-3-10-5-8-4-9-10/h4-6H,1-3H2,(H,7,11). The quantitative estimate of drug-likeness (QED) is 0.455. The summed E-state index contributed by atoms with van der Waals surface area (Å²) in [6, 6.07) is 0. The highest BCUT2D eigenvalue weighted by atomic mass is 16.1. The van der Waals surface area contributed by atoms with Crippen molar-refractivity contribution in [3.63, 3.8) is 0 Å². The van der Waals surface area contributed by atoms with Crippen LogP contribution in [0.25, 0.3) is 0 Å². The third kappa shape index (κ3) is 2.79. The SMILES string of the molecule is O=CNCCCn1cncn1. The van der Waals surface area contributed by atoms with Crippen molar-refractivity contribution in [2.45, 2.75) is 13.0 Å². The Balaban J connectivity index is 2.09. The maximum absolute atomic E-state index is 9.82. The third-order valence-electron chi connectivity index (χ3n) is 1.26. The van der Waals surface area contributed by atoms with Gasteiger partial charge < -0.3 is 5.32 Å². The fourth-order valence-corrected chi connectivity index (χ4v) is 0.750. The van der Waals surface area contributed by atoms with Crippen molar-refractivity contribution in [1.82, 2.24) is 20.1 Å². The molecule has 0 unspecified atom stereocenters. The zero-order chi connectivity index (χ0) is 7.94. The molecule has 0 bridgehead atoms. The Morgan fingerprint density at radius 1 is 1.64 bits per heavy atom. The first kappa shape index (κ1) is 7.71. The molecule has 0 saturated carbocycles. The van der Waals surface area contributed by atoms with Crippen LogP contribution < -0.4 is 5.32 Å². The van der Waals surface area contributed by atoms with E-state index in [0.717, 1.165) is 13.0 Å². The van der Waals surface area contributed by atoms with Crippen LogP contribution in [0.2, 0.25) is 0 Å². The zero-order valence-corrected chi connectivity index (χ0v) is 6.10. The predicted octanol–water partition coefficient (Wildman–Crippen LogP) is -0.586. The van der Waals surface area contributed by atoms with Gasteiger partial charge in [-0.1, -0.05) is 0 Å². The number of hydrogen-bond acceptors (Lipinski definition) is 3. The van der Waals surface area contributed by atoms with Gasteiger partial charge in [-0.15, -0.1) is 0 Å². The lowest BCUT2D eigenvalue weighted by atomic mass is 10.4. The monoisotopic (exact) mass is 154 g/mol. The van der Waals surface area contributed by atoms with Crippen LogP contribution in [0.15, 0.2) is 12.7 Å². The van der Waals surface area contributed by atoms with Crippen LogP contribution in [0.4, 0.5) is 0 Å². The lowest BCUT2D eigenvalue weighted by molar-refractivity contribution is -0.109. The van der Waals surface area contributed by atoms with Crippen LogP contribution >= 0.6 is 0 Å². The summed E-state index contributed by atoms with van der Waals surface area (Å²) in [5.74, 6) is 0. The van der Waals surface area contributed by atoms with Crippen molar-refractivity contribution in [3.05, 3.63) is 12.7 Å². The summed E-state index contributed by atoms with van der Waals surface area (Å²) in [6.07, 6.45) is 4.72. The van der Waals surface area contributed by atoms with Gasteiger partial charge in [-0.25, -0.2) is 4.98 Å². The molecule has 1 aromatic rings. The fourth-order valence-electron chi connectivity index (χ4n) is 0.750. The highest BCUT2D eigenvalue weighted by Crippen LogP contribution is 1.83. The van der Waals surface area contributed by atoms with Crippen LogP contribution in [0.1, 0.15) is 6.42 Å². The van der Waals surface area contributed by atoms with Crippen LogP contribution in [-0.2, 0) is 11.3 Å². The number of hydrogen-bond donors (Lipinski definition) is 1. The molecule has 0 radical (unpaired) electrons. The number of nitrogens with one attached hydrogen (secondary N) is 1. The van der Waals surface area contributed by atoms with E-state index < -0.39 is 0 Å². The predicted molar refractivity (Wildman–Crippen MR) is 38.7 cm³/mol. The Labute approximate surface area is 64.4 Å². The third-order valence-corrected chi connectivity index (χ3v) is 1.26. The summed E-state index contributed by atoms with van der Waals surface area (Å²) in [5.41, 5.74) is 0. The average molecular weight is 154 g/mol. The van der Waals surface area contributed by atoms with Crippen molar-refractivity contribution >= 4 is 6.41 Å². The normalized spacial score (nSPS) is 9.45. The van der Waals surface area contributed by atoms with E-state index in [9.17, 15) is 4.79 Å². The van der Waals surface area contributed by atoms with E-state index in [-0.39, 0.29) is 0 Å². The van der Waals surface area contributed by atoms with Crippen molar-refractivity contribution in [2.24, 2.45) is 0 Å². The summed E-state index contributed by atoms with van der Waals surface area (Å²) >= 11 is 0. The smallest absolute Gasteiger partial charge is 0.207 e. The van der Waals surface area contributed by atoms with Crippen molar-refractivity contribution < 1.29 is 4.79 Å². The number of carbonyl (C=O) groups excluding carboxylic acids is 1. The number of aryl methyl sites for hydroxylation is 1. The van der Waals surface area contributed by atoms with Crippen molar-refractivity contribution in [1.29, 1.82) is 0 Å². The number of aromatic nitrogens is 3. The Morgan fingerprint density at radius 2 is 2.55 bits per heavy atom. The van der Waals surface area contributed by atoms with Gasteiger partial charge in [0.15, 0.2) is 0 Å². The number of nitrogens with zero attached hydrogens (tertiary/aromatic N) is 3. The first-order valence-corrected chi connectivity index (χ1v) is 3.43. The molecule has 0 atom stereocenters. The van der Waals surface area contributed by atoms with Crippen LogP contribution in [0.5, 0.6) is 0 Å². The van der Waals surface area contributed by atoms with E-state index in [1.807, 2.05) is 0 Å². The van der Waals surface area contributed by atoms with Crippen LogP contribution in [0, 0.1) is 0 Å². The van der Waals surface area contributed by atoms with Crippen molar-refractivity contribution in [3.8, 4) is 0 Å². The first-order valence-electron chi connectivity index (χ1n) is 3.43. The van der Waals surface area contributed by atoms with Crippen LogP contribution in [-0.4, -0.2) is 27.7 Å². The van der Waals surface area contributed by atoms with Gasteiger partial charge in [0.05, 0.1) is 0 Å². The minimum absolute atomic E-state index is 0.684. The van der Waals surface area contributed by atoms with Gasteiger partial charge in [-0.2, -0.15) is 5.10 Å². The van der Waals surface area contributed by atoms with E-state index in [4.69, 9.17) is 0 Å². The first-order chi connectivity index (χ1) is 5.43. The van der Waals surface area contributed by atoms with E-state index in [0.29, 0.717) is 13.0 Å². The van der Waals surface area contributed by atoms with E-state index in [1.165, 1.54) is 6.33 Å². The zero-order valence-electron chi connectivity index (χ0n) is 6.10. The molecule has 0 aromatic carbocycles. The molecule has 0 spiro atoms. The lowest BCUT2D eigenvalue weighted by Gasteiger charge is -1.98. The maximum atomic E-state index is 9.82. The highest BCUT2D eigenvalue weighted by molar-refractivity contribution is 5.45. The molecule has 1 aromatic heterocycles. The lowest BCUT2D eigenvalue weighted by Crippen LogP contribution is -2.14. The molecular weight excluding hydrogens is 144 g/mol. The number of carbonyl (C=O) groups is 1. The second-order valence-electron chi connectivity index (χ2n) is 2.08. The average Bonchev–Trinajstić information content (AvgIpc) is 2.50. The molecule has 5 heteroatoms. The molecule has 5 nitrogen and oxygen atoms in total. The van der Waals surface area contributed by atoms with Gasteiger partial charge in [0.25, 0.3) is 0 Å². The Bertz CT molecular complexity index is 196. The number of rotatable bonds is 5. The maximum Gasteiger partial charge on any atom is 0.207 e. The van der Waals surface area contributed by atoms with Gasteiger partial charge >= 0.3 is 0 Å². The molecule has 60 valence electrons. The molecule has 1 heterocycles. The molecule has 1 amide bonds. The second kappa shape index (κ2) is 4.43.